The zero-order chi connectivity index (χ0) is 13.6. The fourth-order valence-corrected chi connectivity index (χ4v) is 2.85. The summed E-state index contributed by atoms with van der Waals surface area (Å²) in [5, 5.41) is 0. The van der Waals surface area contributed by atoms with Gasteiger partial charge in [-0.3, -0.25) is 0 Å². The van der Waals surface area contributed by atoms with E-state index < -0.39 is 0 Å². The average molecular weight is 243 g/mol. The van der Waals surface area contributed by atoms with Gasteiger partial charge in [-0.2, -0.15) is 0 Å². The predicted molar refractivity (Wildman–Crippen MR) is 79.8 cm³/mol. The van der Waals surface area contributed by atoms with Crippen LogP contribution in [0.4, 0.5) is 0 Å². The molecule has 2 rings (SSSR count). The van der Waals surface area contributed by atoms with Crippen LogP contribution in [0.2, 0.25) is 0 Å². The minimum atomic E-state index is 0.568. The standard InChI is InChI=1S/C17H25N/c1-10(2)15-8-12(5)14(7)18-13(6)9-16(11(3)4)17(15)18/h8-11H,1-7H3. The molecule has 0 atom stereocenters. The number of hydrogen-bond acceptors (Lipinski definition) is 0. The van der Waals surface area contributed by atoms with Crippen molar-refractivity contribution in [3.05, 3.63) is 40.2 Å². The van der Waals surface area contributed by atoms with Crippen molar-refractivity contribution < 1.29 is 0 Å². The zero-order valence-electron chi connectivity index (χ0n) is 12.8. The van der Waals surface area contributed by atoms with Crippen LogP contribution in [0.5, 0.6) is 0 Å². The molecule has 0 radical (unpaired) electrons. The third-order valence-electron chi connectivity index (χ3n) is 4.01. The van der Waals surface area contributed by atoms with Gasteiger partial charge in [-0.1, -0.05) is 33.8 Å². The quantitative estimate of drug-likeness (QED) is 0.690. The van der Waals surface area contributed by atoms with E-state index in [0.717, 1.165) is 0 Å². The summed E-state index contributed by atoms with van der Waals surface area (Å²) in [6.07, 6.45) is 0. The summed E-state index contributed by atoms with van der Waals surface area (Å²) < 4.78 is 2.44. The van der Waals surface area contributed by atoms with Crippen LogP contribution in [-0.2, 0) is 0 Å². The van der Waals surface area contributed by atoms with Crippen LogP contribution in [-0.4, -0.2) is 4.40 Å². The summed E-state index contributed by atoms with van der Waals surface area (Å²) in [6.45, 7) is 15.8. The minimum absolute atomic E-state index is 0.568. The van der Waals surface area contributed by atoms with Gasteiger partial charge in [-0.05, 0) is 55.4 Å². The zero-order valence-corrected chi connectivity index (χ0v) is 12.8. The van der Waals surface area contributed by atoms with Crippen LogP contribution in [0.15, 0.2) is 12.1 Å². The van der Waals surface area contributed by atoms with Gasteiger partial charge >= 0.3 is 0 Å². The molecule has 0 aliphatic rings. The van der Waals surface area contributed by atoms with Gasteiger partial charge in [0.1, 0.15) is 0 Å². The van der Waals surface area contributed by atoms with Gasteiger partial charge in [0.2, 0.25) is 0 Å². The summed E-state index contributed by atoms with van der Waals surface area (Å²) >= 11 is 0. The number of aryl methyl sites for hydroxylation is 3. The van der Waals surface area contributed by atoms with Crippen LogP contribution in [0.25, 0.3) is 5.52 Å². The Balaban J connectivity index is 2.97. The second-order valence-corrected chi connectivity index (χ2v) is 6.10. The Morgan fingerprint density at radius 1 is 0.833 bits per heavy atom. The highest BCUT2D eigenvalue weighted by Crippen LogP contribution is 2.33. The van der Waals surface area contributed by atoms with Gasteiger partial charge in [-0.25, -0.2) is 0 Å². The van der Waals surface area contributed by atoms with Crippen molar-refractivity contribution in [3.63, 3.8) is 0 Å². The maximum Gasteiger partial charge on any atom is 0.0524 e. The molecule has 0 saturated carbocycles. The van der Waals surface area contributed by atoms with E-state index >= 15 is 0 Å². The summed E-state index contributed by atoms with van der Waals surface area (Å²) in [4.78, 5) is 0. The van der Waals surface area contributed by atoms with Gasteiger partial charge in [0.15, 0.2) is 0 Å². The smallest absolute Gasteiger partial charge is 0.0524 e. The molecule has 0 aromatic carbocycles. The van der Waals surface area contributed by atoms with Crippen molar-refractivity contribution in [1.82, 2.24) is 4.40 Å². The summed E-state index contributed by atoms with van der Waals surface area (Å²) in [5.41, 5.74) is 8.53. The molecule has 0 amide bonds. The molecule has 0 unspecified atom stereocenters. The Kier molecular flexibility index (Phi) is 3.27. The molecule has 1 nitrogen and oxygen atoms in total. The summed E-state index contributed by atoms with van der Waals surface area (Å²) in [7, 11) is 0. The Hall–Kier alpha value is -1.24. The molecule has 2 aromatic rings. The van der Waals surface area contributed by atoms with E-state index in [1.807, 2.05) is 0 Å². The van der Waals surface area contributed by atoms with Gasteiger partial charge in [0.25, 0.3) is 0 Å². The summed E-state index contributed by atoms with van der Waals surface area (Å²) in [5.74, 6) is 1.15. The van der Waals surface area contributed by atoms with Crippen LogP contribution in [0.1, 0.15) is 67.6 Å². The molecule has 0 spiro atoms. The molecule has 0 fully saturated rings. The van der Waals surface area contributed by atoms with Crippen molar-refractivity contribution in [2.24, 2.45) is 0 Å². The van der Waals surface area contributed by atoms with Crippen molar-refractivity contribution >= 4 is 5.52 Å². The lowest BCUT2D eigenvalue weighted by Crippen LogP contribution is -2.03. The number of fused-ring (bicyclic) bond motifs is 1. The van der Waals surface area contributed by atoms with Crippen molar-refractivity contribution in [2.45, 2.75) is 60.3 Å². The number of aromatic nitrogens is 1. The van der Waals surface area contributed by atoms with E-state index in [0.29, 0.717) is 11.8 Å². The fourth-order valence-electron chi connectivity index (χ4n) is 2.85. The molecule has 0 N–H and O–H groups in total. The number of rotatable bonds is 2. The largest absolute Gasteiger partial charge is 0.318 e. The van der Waals surface area contributed by atoms with Crippen molar-refractivity contribution in [2.75, 3.05) is 0 Å². The Morgan fingerprint density at radius 2 is 1.33 bits per heavy atom. The highest BCUT2D eigenvalue weighted by atomic mass is 14.9. The molecule has 0 aliphatic carbocycles. The minimum Gasteiger partial charge on any atom is -0.318 e. The molecule has 1 heteroatoms. The highest BCUT2D eigenvalue weighted by molar-refractivity contribution is 5.67. The molecule has 2 aromatic heterocycles. The van der Waals surface area contributed by atoms with Crippen LogP contribution in [0, 0.1) is 20.8 Å². The SMILES string of the molecule is Cc1cc(C(C)C)c2c(C(C)C)cc(C)n2c1C. The third kappa shape index (κ3) is 1.86. The van der Waals surface area contributed by atoms with E-state index in [9.17, 15) is 0 Å². The molecule has 2 heterocycles. The van der Waals surface area contributed by atoms with Crippen LogP contribution < -0.4 is 0 Å². The fraction of sp³-hybridized carbons (Fsp3) is 0.529. The van der Waals surface area contributed by atoms with E-state index in [2.05, 4.69) is 65.0 Å². The van der Waals surface area contributed by atoms with Crippen molar-refractivity contribution in [1.29, 1.82) is 0 Å². The van der Waals surface area contributed by atoms with Gasteiger partial charge in [-0.15, -0.1) is 0 Å². The van der Waals surface area contributed by atoms with E-state index in [1.54, 1.807) is 0 Å². The first-order chi connectivity index (χ1) is 8.34. The number of pyridine rings is 1. The first kappa shape index (κ1) is 13.2. The lowest BCUT2D eigenvalue weighted by molar-refractivity contribution is 0.840. The van der Waals surface area contributed by atoms with E-state index in [-0.39, 0.29) is 0 Å². The topological polar surface area (TPSA) is 4.41 Å². The summed E-state index contributed by atoms with van der Waals surface area (Å²) in [6, 6.07) is 4.74. The molecular formula is C17H25N. The van der Waals surface area contributed by atoms with Crippen LogP contribution >= 0.6 is 0 Å². The monoisotopic (exact) mass is 243 g/mol. The van der Waals surface area contributed by atoms with Crippen molar-refractivity contribution in [3.8, 4) is 0 Å². The highest BCUT2D eigenvalue weighted by Gasteiger charge is 2.17. The van der Waals surface area contributed by atoms with Gasteiger partial charge in [0, 0.05) is 11.4 Å². The molecule has 98 valence electrons. The van der Waals surface area contributed by atoms with Gasteiger partial charge in [0.05, 0.1) is 5.52 Å². The molecular weight excluding hydrogens is 218 g/mol. The Morgan fingerprint density at radius 3 is 1.83 bits per heavy atom. The number of hydrogen-bond donors (Lipinski definition) is 0. The molecule has 0 aliphatic heterocycles. The van der Waals surface area contributed by atoms with Gasteiger partial charge < -0.3 is 4.40 Å². The number of nitrogens with zero attached hydrogens (tertiary/aromatic N) is 1. The maximum atomic E-state index is 2.44. The average Bonchev–Trinajstić information content (AvgIpc) is 2.61. The second kappa shape index (κ2) is 4.46. The first-order valence-corrected chi connectivity index (χ1v) is 6.96. The Labute approximate surface area is 111 Å². The van der Waals surface area contributed by atoms with Crippen LogP contribution in [0.3, 0.4) is 0 Å². The Bertz CT molecular complexity index is 585. The maximum absolute atomic E-state index is 2.44. The first-order valence-electron chi connectivity index (χ1n) is 6.96. The molecule has 0 bridgehead atoms. The van der Waals surface area contributed by atoms with E-state index in [1.165, 1.54) is 33.6 Å². The molecule has 18 heavy (non-hydrogen) atoms. The second-order valence-electron chi connectivity index (χ2n) is 6.10. The van der Waals surface area contributed by atoms with E-state index in [4.69, 9.17) is 0 Å². The lowest BCUT2D eigenvalue weighted by atomic mass is 9.95. The normalized spacial score (nSPS) is 12.1. The third-order valence-corrected chi connectivity index (χ3v) is 4.01. The molecule has 0 saturated heterocycles. The predicted octanol–water partition coefficient (Wildman–Crippen LogP) is 5.11. The lowest BCUT2D eigenvalue weighted by Gasteiger charge is -2.17.